The molecule has 2 heterocycles. The van der Waals surface area contributed by atoms with Crippen LogP contribution < -0.4 is 5.73 Å². The molecule has 4 rings (SSSR count). The van der Waals surface area contributed by atoms with Gasteiger partial charge in [-0.1, -0.05) is 35.5 Å². The third-order valence-corrected chi connectivity index (χ3v) is 4.68. The van der Waals surface area contributed by atoms with E-state index in [9.17, 15) is 14.8 Å². The van der Waals surface area contributed by atoms with E-state index in [0.29, 0.717) is 11.1 Å². The molecule has 7 heteroatoms. The number of hydrogen-bond donors (Lipinski definition) is 3. The smallest absolute Gasteiger partial charge is 0.262 e. The minimum atomic E-state index is -0.883. The second-order valence-electron chi connectivity index (χ2n) is 6.13. The Labute approximate surface area is 148 Å². The van der Waals surface area contributed by atoms with Crippen molar-refractivity contribution >= 4 is 28.6 Å². The monoisotopic (exact) mass is 348 g/mol. The normalized spacial score (nSPS) is 15.5. The summed E-state index contributed by atoms with van der Waals surface area (Å²) < 4.78 is 0. The van der Waals surface area contributed by atoms with Crippen molar-refractivity contribution in [1.29, 1.82) is 0 Å². The van der Waals surface area contributed by atoms with Gasteiger partial charge >= 0.3 is 0 Å². The van der Waals surface area contributed by atoms with Crippen LogP contribution in [0.15, 0.2) is 59.9 Å². The number of hydrogen-bond acceptors (Lipinski definition) is 4. The largest absolute Gasteiger partial charge is 0.409 e. The Bertz CT molecular complexity index is 1020. The molecule has 26 heavy (non-hydrogen) atoms. The van der Waals surface area contributed by atoms with E-state index in [0.717, 1.165) is 21.4 Å². The van der Waals surface area contributed by atoms with Gasteiger partial charge in [-0.15, -0.1) is 0 Å². The third kappa shape index (κ3) is 2.33. The highest BCUT2D eigenvalue weighted by molar-refractivity contribution is 6.23. The fourth-order valence-electron chi connectivity index (χ4n) is 3.39. The number of imide groups is 1. The fraction of sp³-hybridized carbons (Fsp3) is 0.105. The van der Waals surface area contributed by atoms with Gasteiger partial charge in [0.2, 0.25) is 0 Å². The van der Waals surface area contributed by atoms with Crippen molar-refractivity contribution in [2.24, 2.45) is 10.9 Å². The van der Waals surface area contributed by atoms with Gasteiger partial charge in [-0.25, -0.2) is 0 Å². The Kier molecular flexibility index (Phi) is 3.69. The molecular weight excluding hydrogens is 332 g/mol. The highest BCUT2D eigenvalue weighted by atomic mass is 16.4. The Hall–Kier alpha value is -3.61. The number of rotatable bonds is 4. The number of aromatic nitrogens is 1. The predicted octanol–water partition coefficient (Wildman–Crippen LogP) is 2.12. The van der Waals surface area contributed by atoms with Crippen molar-refractivity contribution in [2.45, 2.75) is 12.5 Å². The molecule has 0 fully saturated rings. The van der Waals surface area contributed by atoms with E-state index in [4.69, 9.17) is 5.73 Å². The van der Waals surface area contributed by atoms with Gasteiger partial charge in [0.25, 0.3) is 11.8 Å². The van der Waals surface area contributed by atoms with Gasteiger partial charge in [-0.3, -0.25) is 14.5 Å². The van der Waals surface area contributed by atoms with Crippen molar-refractivity contribution in [1.82, 2.24) is 9.88 Å². The van der Waals surface area contributed by atoms with Crippen molar-refractivity contribution < 1.29 is 14.8 Å². The summed E-state index contributed by atoms with van der Waals surface area (Å²) in [7, 11) is 0. The van der Waals surface area contributed by atoms with E-state index >= 15 is 0 Å². The highest BCUT2D eigenvalue weighted by Gasteiger charge is 2.41. The predicted molar refractivity (Wildman–Crippen MR) is 96.1 cm³/mol. The third-order valence-electron chi connectivity index (χ3n) is 4.68. The van der Waals surface area contributed by atoms with E-state index in [-0.39, 0.29) is 12.3 Å². The molecule has 4 N–H and O–H groups in total. The van der Waals surface area contributed by atoms with Crippen LogP contribution in [0.2, 0.25) is 0 Å². The summed E-state index contributed by atoms with van der Waals surface area (Å²) in [6.45, 7) is 0. The maximum absolute atomic E-state index is 12.8. The van der Waals surface area contributed by atoms with Crippen LogP contribution in [0, 0.1) is 0 Å². The molecule has 0 bridgehead atoms. The van der Waals surface area contributed by atoms with Gasteiger partial charge in [0.05, 0.1) is 11.1 Å². The van der Waals surface area contributed by atoms with Crippen LogP contribution in [-0.4, -0.2) is 38.8 Å². The van der Waals surface area contributed by atoms with Crippen LogP contribution in [-0.2, 0) is 6.42 Å². The molecule has 3 aromatic rings. The van der Waals surface area contributed by atoms with Gasteiger partial charge in [0.15, 0.2) is 5.84 Å². The van der Waals surface area contributed by atoms with Crippen molar-refractivity contribution in [2.75, 3.05) is 0 Å². The fourth-order valence-corrected chi connectivity index (χ4v) is 3.39. The summed E-state index contributed by atoms with van der Waals surface area (Å²) in [6.07, 6.45) is 2.05. The van der Waals surface area contributed by atoms with E-state index in [1.165, 1.54) is 0 Å². The Morgan fingerprint density at radius 2 is 1.69 bits per heavy atom. The van der Waals surface area contributed by atoms with Gasteiger partial charge in [0, 0.05) is 23.5 Å². The molecule has 1 aliphatic heterocycles. The van der Waals surface area contributed by atoms with E-state index in [1.54, 1.807) is 30.5 Å². The number of amides is 2. The average molecular weight is 348 g/mol. The topological polar surface area (TPSA) is 112 Å². The molecule has 0 aliphatic carbocycles. The maximum Gasteiger partial charge on any atom is 0.262 e. The molecule has 1 aliphatic rings. The minimum absolute atomic E-state index is 0.190. The van der Waals surface area contributed by atoms with Crippen molar-refractivity contribution in [3.63, 3.8) is 0 Å². The quantitative estimate of drug-likeness (QED) is 0.220. The van der Waals surface area contributed by atoms with E-state index in [2.05, 4.69) is 10.1 Å². The SMILES string of the molecule is N/C(=N\O)[C@H](Cc1c[nH]c2ccccc12)N1C(=O)c2ccccc2C1=O. The number of oxime groups is 1. The number of para-hydroxylation sites is 1. The zero-order valence-electron chi connectivity index (χ0n) is 13.7. The van der Waals surface area contributed by atoms with Crippen LogP contribution in [0.4, 0.5) is 0 Å². The summed E-state index contributed by atoms with van der Waals surface area (Å²) in [6, 6.07) is 13.4. The molecular formula is C19H16N4O3. The zero-order valence-corrected chi connectivity index (χ0v) is 13.7. The lowest BCUT2D eigenvalue weighted by Gasteiger charge is -2.25. The van der Waals surface area contributed by atoms with Gasteiger partial charge in [0.1, 0.15) is 6.04 Å². The zero-order chi connectivity index (χ0) is 18.3. The van der Waals surface area contributed by atoms with Crippen LogP contribution in [0.1, 0.15) is 26.3 Å². The highest BCUT2D eigenvalue weighted by Crippen LogP contribution is 2.27. The lowest BCUT2D eigenvalue weighted by atomic mass is 10.0. The number of amidine groups is 1. The number of H-pyrrole nitrogens is 1. The molecule has 0 saturated carbocycles. The number of carbonyl (C=O) groups is 2. The van der Waals surface area contributed by atoms with Crippen molar-refractivity contribution in [3.05, 3.63) is 71.4 Å². The van der Waals surface area contributed by atoms with Gasteiger partial charge in [-0.05, 0) is 23.8 Å². The average Bonchev–Trinajstić information content (AvgIpc) is 3.19. The molecule has 0 unspecified atom stereocenters. The van der Waals surface area contributed by atoms with Crippen LogP contribution in [0.3, 0.4) is 0 Å². The standard InChI is InChI=1S/C19H16N4O3/c20-17(22-26)16(9-11-10-21-15-8-4-3-5-12(11)15)23-18(24)13-6-1-2-7-14(13)19(23)25/h1-8,10,16,21,26H,9H2,(H2,20,22)/t16-/m0/s1. The number of fused-ring (bicyclic) bond motifs is 2. The van der Waals surface area contributed by atoms with Gasteiger partial charge in [-0.2, -0.15) is 0 Å². The first kappa shape index (κ1) is 15.9. The minimum Gasteiger partial charge on any atom is -0.409 e. The maximum atomic E-state index is 12.8. The number of benzene rings is 2. The van der Waals surface area contributed by atoms with E-state index in [1.807, 2.05) is 24.3 Å². The first-order chi connectivity index (χ1) is 12.6. The Morgan fingerprint density at radius 1 is 1.08 bits per heavy atom. The molecule has 0 radical (unpaired) electrons. The molecule has 7 nitrogen and oxygen atoms in total. The molecule has 130 valence electrons. The first-order valence-corrected chi connectivity index (χ1v) is 8.11. The van der Waals surface area contributed by atoms with E-state index < -0.39 is 17.9 Å². The summed E-state index contributed by atoms with van der Waals surface area (Å²) >= 11 is 0. The lowest BCUT2D eigenvalue weighted by Crippen LogP contribution is -2.49. The number of aromatic amines is 1. The Morgan fingerprint density at radius 3 is 2.35 bits per heavy atom. The first-order valence-electron chi connectivity index (χ1n) is 8.11. The number of nitrogens with two attached hydrogens (primary N) is 1. The number of carbonyl (C=O) groups excluding carboxylic acids is 2. The molecule has 2 aromatic carbocycles. The van der Waals surface area contributed by atoms with Crippen molar-refractivity contribution in [3.8, 4) is 0 Å². The second-order valence-corrected chi connectivity index (χ2v) is 6.13. The molecule has 1 atom stereocenters. The molecule has 2 amide bonds. The lowest BCUT2D eigenvalue weighted by molar-refractivity contribution is 0.0623. The van der Waals surface area contributed by atoms with Crippen LogP contribution in [0.5, 0.6) is 0 Å². The number of nitrogens with one attached hydrogen (secondary N) is 1. The summed E-state index contributed by atoms with van der Waals surface area (Å²) in [5.74, 6) is -1.08. The number of nitrogens with zero attached hydrogens (tertiary/aromatic N) is 2. The summed E-state index contributed by atoms with van der Waals surface area (Å²) in [5.41, 5.74) is 8.32. The summed E-state index contributed by atoms with van der Waals surface area (Å²) in [5, 5.41) is 13.2. The second kappa shape index (κ2) is 6.03. The molecule has 1 aromatic heterocycles. The van der Waals surface area contributed by atoms with Gasteiger partial charge < -0.3 is 15.9 Å². The van der Waals surface area contributed by atoms with Crippen LogP contribution >= 0.6 is 0 Å². The summed E-state index contributed by atoms with van der Waals surface area (Å²) in [4.78, 5) is 29.8. The molecule has 0 saturated heterocycles. The molecule has 0 spiro atoms. The van der Waals surface area contributed by atoms with Crippen LogP contribution in [0.25, 0.3) is 10.9 Å². The Balaban J connectivity index is 1.75.